The number of ether oxygens (including phenoxy) is 2. The van der Waals surface area contributed by atoms with Crippen molar-refractivity contribution in [3.05, 3.63) is 82.6 Å². The predicted octanol–water partition coefficient (Wildman–Crippen LogP) is 4.65. The van der Waals surface area contributed by atoms with Crippen LogP contribution in [0.4, 0.5) is 5.69 Å². The molecule has 3 rings (SSSR count). The minimum Gasteiger partial charge on any atom is -0.497 e. The Hall–Kier alpha value is -2.76. The number of methoxy groups -OCH3 is 1. The van der Waals surface area contributed by atoms with Gasteiger partial charge in [0, 0.05) is 11.9 Å². The number of amides is 1. The van der Waals surface area contributed by atoms with Gasteiger partial charge in [-0.05, 0) is 41.5 Å². The van der Waals surface area contributed by atoms with Gasteiger partial charge in [-0.3, -0.25) is 4.79 Å². The third kappa shape index (κ3) is 4.88. The number of hydrogen-bond donors (Lipinski definition) is 2. The standard InChI is InChI=1S/C20H19ClN2O3/c1-25-18-7-5-14(6-8-18)12-26-13-15-3-2-4-17(9-15)23-20(24)19-10-16(21)11-22-19/h2-11,22H,12-13H2,1H3,(H,23,24). The Morgan fingerprint density at radius 2 is 1.85 bits per heavy atom. The fourth-order valence-corrected chi connectivity index (χ4v) is 2.61. The van der Waals surface area contributed by atoms with Gasteiger partial charge in [0.2, 0.25) is 0 Å². The molecule has 1 amide bonds. The molecule has 6 heteroatoms. The fraction of sp³-hybridized carbons (Fsp3) is 0.150. The maximum atomic E-state index is 12.1. The molecule has 0 saturated heterocycles. The quantitative estimate of drug-likeness (QED) is 0.636. The predicted molar refractivity (Wildman–Crippen MR) is 102 cm³/mol. The van der Waals surface area contributed by atoms with Crippen LogP contribution in [-0.4, -0.2) is 18.0 Å². The second kappa shape index (κ2) is 8.56. The highest BCUT2D eigenvalue weighted by atomic mass is 35.5. The van der Waals surface area contributed by atoms with Gasteiger partial charge in [-0.2, -0.15) is 0 Å². The summed E-state index contributed by atoms with van der Waals surface area (Å²) in [5, 5.41) is 3.33. The summed E-state index contributed by atoms with van der Waals surface area (Å²) in [7, 11) is 1.64. The first-order chi connectivity index (χ1) is 12.6. The second-order valence-corrected chi connectivity index (χ2v) is 6.16. The number of H-pyrrole nitrogens is 1. The van der Waals surface area contributed by atoms with Gasteiger partial charge < -0.3 is 19.8 Å². The molecule has 1 heterocycles. The summed E-state index contributed by atoms with van der Waals surface area (Å²) in [5.41, 5.74) is 3.15. The summed E-state index contributed by atoms with van der Waals surface area (Å²) < 4.78 is 10.9. The molecule has 3 aromatic rings. The van der Waals surface area contributed by atoms with Crippen LogP contribution in [0.25, 0.3) is 0 Å². The van der Waals surface area contributed by atoms with Crippen LogP contribution < -0.4 is 10.1 Å². The number of halogens is 1. The van der Waals surface area contributed by atoms with Crippen LogP contribution in [0.15, 0.2) is 60.8 Å². The van der Waals surface area contributed by atoms with Crippen molar-refractivity contribution in [3.8, 4) is 5.75 Å². The lowest BCUT2D eigenvalue weighted by Crippen LogP contribution is -2.12. The Bertz CT molecular complexity index is 875. The topological polar surface area (TPSA) is 63.4 Å². The first kappa shape index (κ1) is 18.0. The van der Waals surface area contributed by atoms with E-state index in [2.05, 4.69) is 10.3 Å². The molecule has 2 aromatic carbocycles. The average molecular weight is 371 g/mol. The number of hydrogen-bond acceptors (Lipinski definition) is 3. The molecule has 0 spiro atoms. The SMILES string of the molecule is COc1ccc(COCc2cccc(NC(=O)c3cc(Cl)c[nH]3)c2)cc1. The average Bonchev–Trinajstić information content (AvgIpc) is 3.09. The largest absolute Gasteiger partial charge is 0.497 e. The molecule has 5 nitrogen and oxygen atoms in total. The van der Waals surface area contributed by atoms with Crippen LogP contribution in [0.3, 0.4) is 0 Å². The zero-order valence-electron chi connectivity index (χ0n) is 14.3. The molecular formula is C20H19ClN2O3. The van der Waals surface area contributed by atoms with Crippen molar-refractivity contribution in [1.82, 2.24) is 4.98 Å². The first-order valence-corrected chi connectivity index (χ1v) is 8.47. The number of carbonyl (C=O) groups is 1. The summed E-state index contributed by atoms with van der Waals surface area (Å²) in [4.78, 5) is 15.0. The highest BCUT2D eigenvalue weighted by molar-refractivity contribution is 6.31. The van der Waals surface area contributed by atoms with Crippen molar-refractivity contribution in [2.45, 2.75) is 13.2 Å². The Kier molecular flexibility index (Phi) is 5.94. The maximum absolute atomic E-state index is 12.1. The molecule has 0 atom stereocenters. The van der Waals surface area contributed by atoms with E-state index in [9.17, 15) is 4.79 Å². The minimum absolute atomic E-state index is 0.242. The Labute approximate surface area is 156 Å². The molecule has 1 aromatic heterocycles. The van der Waals surface area contributed by atoms with Crippen LogP contribution in [0.2, 0.25) is 5.02 Å². The molecular weight excluding hydrogens is 352 g/mol. The van der Waals surface area contributed by atoms with Gasteiger partial charge in [0.25, 0.3) is 5.91 Å². The van der Waals surface area contributed by atoms with Crippen LogP contribution in [0.1, 0.15) is 21.6 Å². The Balaban J connectivity index is 1.54. The number of carbonyl (C=O) groups excluding carboxylic acids is 1. The van der Waals surface area contributed by atoms with Gasteiger partial charge in [-0.1, -0.05) is 35.9 Å². The maximum Gasteiger partial charge on any atom is 0.272 e. The Morgan fingerprint density at radius 3 is 2.54 bits per heavy atom. The normalized spacial score (nSPS) is 10.5. The highest BCUT2D eigenvalue weighted by Gasteiger charge is 2.08. The van der Waals surface area contributed by atoms with Crippen molar-refractivity contribution in [2.75, 3.05) is 12.4 Å². The minimum atomic E-state index is -0.242. The summed E-state index contributed by atoms with van der Waals surface area (Å²) in [6.07, 6.45) is 1.57. The van der Waals surface area contributed by atoms with Crippen molar-refractivity contribution >= 4 is 23.2 Å². The third-order valence-corrected chi connectivity index (χ3v) is 3.99. The van der Waals surface area contributed by atoms with E-state index in [1.54, 1.807) is 19.4 Å². The van der Waals surface area contributed by atoms with E-state index in [1.165, 1.54) is 0 Å². The molecule has 0 aliphatic heterocycles. The number of aromatic amines is 1. The molecule has 26 heavy (non-hydrogen) atoms. The van der Waals surface area contributed by atoms with Gasteiger partial charge in [0.15, 0.2) is 0 Å². The lowest BCUT2D eigenvalue weighted by Gasteiger charge is -2.08. The summed E-state index contributed by atoms with van der Waals surface area (Å²) >= 11 is 5.82. The molecule has 0 aliphatic rings. The van der Waals surface area contributed by atoms with E-state index in [0.717, 1.165) is 16.9 Å². The summed E-state index contributed by atoms with van der Waals surface area (Å²) in [5.74, 6) is 0.578. The summed E-state index contributed by atoms with van der Waals surface area (Å²) in [6.45, 7) is 0.950. The molecule has 0 fully saturated rings. The zero-order chi connectivity index (χ0) is 18.4. The smallest absolute Gasteiger partial charge is 0.272 e. The van der Waals surface area contributed by atoms with Crippen LogP contribution in [-0.2, 0) is 18.0 Å². The fourth-order valence-electron chi connectivity index (χ4n) is 2.44. The molecule has 0 radical (unpaired) electrons. The third-order valence-electron chi connectivity index (χ3n) is 3.77. The van der Waals surface area contributed by atoms with E-state index < -0.39 is 0 Å². The second-order valence-electron chi connectivity index (χ2n) is 5.73. The zero-order valence-corrected chi connectivity index (χ0v) is 15.0. The van der Waals surface area contributed by atoms with E-state index in [0.29, 0.717) is 29.6 Å². The van der Waals surface area contributed by atoms with E-state index in [1.807, 2.05) is 48.5 Å². The van der Waals surface area contributed by atoms with Crippen LogP contribution in [0, 0.1) is 0 Å². The van der Waals surface area contributed by atoms with Gasteiger partial charge >= 0.3 is 0 Å². The Morgan fingerprint density at radius 1 is 1.08 bits per heavy atom. The molecule has 0 bridgehead atoms. The number of anilines is 1. The van der Waals surface area contributed by atoms with E-state index in [-0.39, 0.29) is 5.91 Å². The first-order valence-electron chi connectivity index (χ1n) is 8.09. The lowest BCUT2D eigenvalue weighted by atomic mass is 10.2. The van der Waals surface area contributed by atoms with Crippen molar-refractivity contribution in [2.24, 2.45) is 0 Å². The van der Waals surface area contributed by atoms with Gasteiger partial charge in [0.05, 0.1) is 25.3 Å². The summed E-state index contributed by atoms with van der Waals surface area (Å²) in [6, 6.07) is 16.9. The van der Waals surface area contributed by atoms with Crippen molar-refractivity contribution in [3.63, 3.8) is 0 Å². The van der Waals surface area contributed by atoms with Crippen molar-refractivity contribution < 1.29 is 14.3 Å². The van der Waals surface area contributed by atoms with Gasteiger partial charge in [-0.15, -0.1) is 0 Å². The molecule has 2 N–H and O–H groups in total. The van der Waals surface area contributed by atoms with Gasteiger partial charge in [-0.25, -0.2) is 0 Å². The molecule has 0 unspecified atom stereocenters. The van der Waals surface area contributed by atoms with E-state index >= 15 is 0 Å². The number of aromatic nitrogens is 1. The van der Waals surface area contributed by atoms with Crippen molar-refractivity contribution in [1.29, 1.82) is 0 Å². The number of rotatable bonds is 7. The van der Waals surface area contributed by atoms with Crippen LogP contribution >= 0.6 is 11.6 Å². The van der Waals surface area contributed by atoms with E-state index in [4.69, 9.17) is 21.1 Å². The van der Waals surface area contributed by atoms with Crippen LogP contribution in [0.5, 0.6) is 5.75 Å². The monoisotopic (exact) mass is 370 g/mol. The molecule has 0 aliphatic carbocycles. The number of benzene rings is 2. The lowest BCUT2D eigenvalue weighted by molar-refractivity contribution is 0.102. The molecule has 134 valence electrons. The highest BCUT2D eigenvalue weighted by Crippen LogP contribution is 2.16. The molecule has 0 saturated carbocycles. The number of nitrogens with one attached hydrogen (secondary N) is 2. The van der Waals surface area contributed by atoms with Gasteiger partial charge in [0.1, 0.15) is 11.4 Å².